The van der Waals surface area contributed by atoms with Gasteiger partial charge in [-0.25, -0.2) is 0 Å². The lowest BCUT2D eigenvalue weighted by Gasteiger charge is -2.06. The first-order valence-corrected chi connectivity index (χ1v) is 10.6. The molecule has 0 fully saturated rings. The van der Waals surface area contributed by atoms with Gasteiger partial charge in [-0.3, -0.25) is 4.98 Å². The van der Waals surface area contributed by atoms with Crippen LogP contribution in [0.3, 0.4) is 0 Å². The van der Waals surface area contributed by atoms with Crippen LogP contribution in [0.15, 0.2) is 70.6 Å². The van der Waals surface area contributed by atoms with Crippen LogP contribution in [0.5, 0.6) is 5.06 Å². The van der Waals surface area contributed by atoms with Gasteiger partial charge in [-0.1, -0.05) is 38.1 Å². The largest absolute Gasteiger partial charge is 0.487 e. The molecule has 144 valence electrons. The van der Waals surface area contributed by atoms with Crippen LogP contribution in [0.25, 0.3) is 44.3 Å². The summed E-state index contributed by atoms with van der Waals surface area (Å²) in [6.45, 7) is 4.36. The third kappa shape index (κ3) is 3.10. The molecule has 0 saturated heterocycles. The summed E-state index contributed by atoms with van der Waals surface area (Å²) in [7, 11) is 1.70. The van der Waals surface area contributed by atoms with Crippen LogP contribution in [0, 0.1) is 0 Å². The Morgan fingerprint density at radius 1 is 0.966 bits per heavy atom. The fraction of sp³-hybridized carbons (Fsp3) is 0.160. The van der Waals surface area contributed by atoms with E-state index in [1.807, 2.05) is 12.3 Å². The number of aromatic nitrogens is 1. The number of thiophene rings is 1. The van der Waals surface area contributed by atoms with Crippen molar-refractivity contribution in [3.05, 3.63) is 71.7 Å². The molecule has 3 aromatic heterocycles. The zero-order chi connectivity index (χ0) is 20.0. The van der Waals surface area contributed by atoms with Gasteiger partial charge < -0.3 is 9.15 Å². The molecular weight excluding hydrogens is 378 g/mol. The van der Waals surface area contributed by atoms with Gasteiger partial charge in [-0.2, -0.15) is 0 Å². The molecule has 0 amide bonds. The maximum absolute atomic E-state index is 6.27. The van der Waals surface area contributed by atoms with Gasteiger partial charge in [-0.15, -0.1) is 11.3 Å². The fourth-order valence-electron chi connectivity index (χ4n) is 3.66. The molecule has 4 heteroatoms. The van der Waals surface area contributed by atoms with E-state index in [4.69, 9.17) is 14.1 Å². The van der Waals surface area contributed by atoms with Crippen LogP contribution in [-0.4, -0.2) is 12.1 Å². The van der Waals surface area contributed by atoms with E-state index in [1.54, 1.807) is 18.4 Å². The first-order valence-electron chi connectivity index (χ1n) is 9.68. The molecule has 2 aromatic carbocycles. The second-order valence-electron chi connectivity index (χ2n) is 7.49. The number of pyridine rings is 1. The number of rotatable bonds is 4. The Labute approximate surface area is 173 Å². The minimum atomic E-state index is 0.465. The third-order valence-electron chi connectivity index (χ3n) is 5.34. The van der Waals surface area contributed by atoms with Crippen molar-refractivity contribution in [3.8, 4) is 27.4 Å². The summed E-state index contributed by atoms with van der Waals surface area (Å²) in [5.74, 6) is 0.465. The van der Waals surface area contributed by atoms with E-state index in [-0.39, 0.29) is 0 Å². The monoisotopic (exact) mass is 399 g/mol. The molecule has 0 unspecified atom stereocenters. The van der Waals surface area contributed by atoms with Gasteiger partial charge in [0.25, 0.3) is 0 Å². The second-order valence-corrected chi connectivity index (χ2v) is 8.36. The minimum absolute atomic E-state index is 0.465. The topological polar surface area (TPSA) is 35.3 Å². The van der Waals surface area contributed by atoms with Gasteiger partial charge >= 0.3 is 0 Å². The molecule has 0 spiro atoms. The van der Waals surface area contributed by atoms with Crippen molar-refractivity contribution in [3.63, 3.8) is 0 Å². The lowest BCUT2D eigenvalue weighted by Crippen LogP contribution is -1.90. The number of nitrogens with zero attached hydrogens (tertiary/aromatic N) is 1. The number of hydrogen-bond donors (Lipinski definition) is 0. The van der Waals surface area contributed by atoms with Crippen molar-refractivity contribution in [1.29, 1.82) is 0 Å². The predicted molar refractivity (Wildman–Crippen MR) is 121 cm³/mol. The number of para-hydroxylation sites is 1. The van der Waals surface area contributed by atoms with Gasteiger partial charge in [0.1, 0.15) is 11.2 Å². The van der Waals surface area contributed by atoms with Crippen LogP contribution < -0.4 is 4.74 Å². The maximum atomic E-state index is 6.27. The molecule has 5 rings (SSSR count). The Hall–Kier alpha value is -3.11. The van der Waals surface area contributed by atoms with Gasteiger partial charge in [-0.05, 0) is 52.9 Å². The molecular formula is C25H21NO2S. The zero-order valence-electron chi connectivity index (χ0n) is 16.6. The quantitative estimate of drug-likeness (QED) is 0.314. The van der Waals surface area contributed by atoms with Crippen molar-refractivity contribution in [1.82, 2.24) is 4.98 Å². The summed E-state index contributed by atoms with van der Waals surface area (Å²) < 4.78 is 11.6. The Morgan fingerprint density at radius 3 is 2.59 bits per heavy atom. The molecule has 0 radical (unpaired) electrons. The minimum Gasteiger partial charge on any atom is -0.487 e. The first-order chi connectivity index (χ1) is 14.1. The molecule has 0 N–H and O–H groups in total. The van der Waals surface area contributed by atoms with Crippen LogP contribution >= 0.6 is 11.3 Å². The van der Waals surface area contributed by atoms with Crippen molar-refractivity contribution in [2.24, 2.45) is 0 Å². The van der Waals surface area contributed by atoms with E-state index in [0.29, 0.717) is 5.92 Å². The van der Waals surface area contributed by atoms with Gasteiger partial charge in [0.05, 0.1) is 12.8 Å². The Morgan fingerprint density at radius 2 is 1.86 bits per heavy atom. The summed E-state index contributed by atoms with van der Waals surface area (Å²) >= 11 is 1.60. The van der Waals surface area contributed by atoms with Crippen molar-refractivity contribution >= 4 is 33.3 Å². The number of hydrogen-bond acceptors (Lipinski definition) is 4. The highest BCUT2D eigenvalue weighted by molar-refractivity contribution is 7.12. The molecule has 0 bridgehead atoms. The Bertz CT molecular complexity index is 1310. The first kappa shape index (κ1) is 18.0. The number of methoxy groups -OCH3 is 1. The van der Waals surface area contributed by atoms with E-state index in [2.05, 4.69) is 67.8 Å². The average molecular weight is 400 g/mol. The lowest BCUT2D eigenvalue weighted by atomic mass is 10.0. The number of benzene rings is 2. The van der Waals surface area contributed by atoms with E-state index >= 15 is 0 Å². The highest BCUT2D eigenvalue weighted by Gasteiger charge is 2.14. The zero-order valence-corrected chi connectivity index (χ0v) is 17.4. The van der Waals surface area contributed by atoms with E-state index in [1.165, 1.54) is 5.56 Å². The molecule has 0 aliphatic carbocycles. The average Bonchev–Trinajstić information content (AvgIpc) is 3.38. The smallest absolute Gasteiger partial charge is 0.173 e. The van der Waals surface area contributed by atoms with E-state index in [9.17, 15) is 0 Å². The molecule has 5 aromatic rings. The normalized spacial score (nSPS) is 11.6. The van der Waals surface area contributed by atoms with Crippen LogP contribution in [0.4, 0.5) is 0 Å². The van der Waals surface area contributed by atoms with Gasteiger partial charge in [0.2, 0.25) is 0 Å². The van der Waals surface area contributed by atoms with E-state index in [0.717, 1.165) is 49.4 Å². The van der Waals surface area contributed by atoms with Crippen LogP contribution in [-0.2, 0) is 0 Å². The van der Waals surface area contributed by atoms with Gasteiger partial charge in [0.15, 0.2) is 5.06 Å². The van der Waals surface area contributed by atoms with Crippen LogP contribution in [0.1, 0.15) is 25.3 Å². The van der Waals surface area contributed by atoms with Crippen LogP contribution in [0.2, 0.25) is 0 Å². The maximum Gasteiger partial charge on any atom is 0.173 e. The Balaban J connectivity index is 1.65. The molecule has 0 atom stereocenters. The standard InChI is InChI=1S/C25H21NO2S/c1-15(2)17-7-9-22(26-13-17)20-6-4-5-19-21-11-16(8-10-23(21)28-25(19)20)18-12-24(27-3)29-14-18/h4-15H,1-3H3. The molecule has 29 heavy (non-hydrogen) atoms. The molecule has 0 aliphatic rings. The summed E-state index contributed by atoms with van der Waals surface area (Å²) in [4.78, 5) is 4.70. The molecule has 3 heterocycles. The Kier molecular flexibility index (Phi) is 4.36. The predicted octanol–water partition coefficient (Wildman–Crippen LogP) is 7.51. The number of fused-ring (bicyclic) bond motifs is 3. The molecule has 3 nitrogen and oxygen atoms in total. The molecule has 0 saturated carbocycles. The van der Waals surface area contributed by atoms with Gasteiger partial charge in [0, 0.05) is 27.9 Å². The third-order valence-corrected chi connectivity index (χ3v) is 6.22. The summed E-state index contributed by atoms with van der Waals surface area (Å²) in [5, 5.41) is 5.25. The summed E-state index contributed by atoms with van der Waals surface area (Å²) in [6.07, 6.45) is 1.96. The summed E-state index contributed by atoms with van der Waals surface area (Å²) in [5.41, 5.74) is 7.27. The number of ether oxygens (including phenoxy) is 1. The second kappa shape index (κ2) is 7.05. The molecule has 0 aliphatic heterocycles. The lowest BCUT2D eigenvalue weighted by molar-refractivity contribution is 0.427. The summed E-state index contributed by atoms with van der Waals surface area (Å²) in [6, 6.07) is 18.9. The number of furan rings is 1. The van der Waals surface area contributed by atoms with E-state index < -0.39 is 0 Å². The highest BCUT2D eigenvalue weighted by atomic mass is 32.1. The van der Waals surface area contributed by atoms with Crippen molar-refractivity contribution in [2.75, 3.05) is 7.11 Å². The fourth-order valence-corrected chi connectivity index (χ4v) is 4.40. The SMILES string of the molecule is COc1cc(-c2ccc3oc4c(-c5ccc(C(C)C)cn5)cccc4c3c2)cs1. The van der Waals surface area contributed by atoms with Crippen molar-refractivity contribution in [2.45, 2.75) is 19.8 Å². The van der Waals surface area contributed by atoms with Crippen molar-refractivity contribution < 1.29 is 9.15 Å². The highest BCUT2D eigenvalue weighted by Crippen LogP contribution is 2.38.